The number of hydrogen-bond acceptors (Lipinski definition) is 3. The minimum absolute atomic E-state index is 0.0966. The fraction of sp³-hybridized carbons (Fsp3) is 0.450. The fourth-order valence-corrected chi connectivity index (χ4v) is 4.24. The minimum atomic E-state index is -0.494. The lowest BCUT2D eigenvalue weighted by molar-refractivity contribution is 0.364. The van der Waals surface area contributed by atoms with Crippen LogP contribution in [0.15, 0.2) is 27.8 Å². The van der Waals surface area contributed by atoms with Gasteiger partial charge in [-0.05, 0) is 30.5 Å². The summed E-state index contributed by atoms with van der Waals surface area (Å²) in [5, 5.41) is 0.784. The lowest BCUT2D eigenvalue weighted by Crippen LogP contribution is -2.38. The average Bonchev–Trinajstić information content (AvgIpc) is 3.01. The Bertz CT molecular complexity index is 1160. The molecule has 0 saturated heterocycles. The molecular weight excluding hydrogens is 399 g/mol. The van der Waals surface area contributed by atoms with Gasteiger partial charge in [-0.2, -0.15) is 0 Å². The van der Waals surface area contributed by atoms with Gasteiger partial charge in [0.15, 0.2) is 11.2 Å². The maximum atomic E-state index is 13.1. The predicted molar refractivity (Wildman–Crippen MR) is 114 cm³/mol. The molecule has 150 valence electrons. The molecule has 0 fully saturated rings. The zero-order valence-corrected chi connectivity index (χ0v) is 18.2. The first-order chi connectivity index (χ1) is 13.2. The number of imidazole rings is 1. The molecule has 0 aliphatic rings. The van der Waals surface area contributed by atoms with Crippen LogP contribution in [0.25, 0.3) is 16.9 Å². The van der Waals surface area contributed by atoms with Crippen LogP contribution in [0.1, 0.15) is 46.0 Å². The van der Waals surface area contributed by atoms with Crippen LogP contribution in [-0.4, -0.2) is 18.7 Å². The average molecular weight is 423 g/mol. The number of halogens is 2. The number of aromatic nitrogens is 4. The van der Waals surface area contributed by atoms with Crippen molar-refractivity contribution in [2.75, 3.05) is 0 Å². The zero-order chi connectivity index (χ0) is 20.7. The first-order valence-corrected chi connectivity index (χ1v) is 10.2. The lowest BCUT2D eigenvalue weighted by Gasteiger charge is -2.23. The van der Waals surface area contributed by atoms with Gasteiger partial charge in [-0.3, -0.25) is 9.36 Å². The largest absolute Gasteiger partial charge is 0.337 e. The summed E-state index contributed by atoms with van der Waals surface area (Å²) in [4.78, 5) is 30.8. The predicted octanol–water partition coefficient (Wildman–Crippen LogP) is 4.36. The Hall–Kier alpha value is -2.05. The number of benzene rings is 1. The second-order valence-electron chi connectivity index (χ2n) is 7.22. The van der Waals surface area contributed by atoms with Crippen molar-refractivity contribution in [2.45, 2.75) is 46.6 Å². The highest BCUT2D eigenvalue weighted by Crippen LogP contribution is 2.29. The summed E-state index contributed by atoms with van der Waals surface area (Å²) in [5.41, 5.74) is 0.347. The molecule has 0 spiro atoms. The zero-order valence-electron chi connectivity index (χ0n) is 16.7. The smallest absolute Gasteiger partial charge is 0.319 e. The molecule has 8 heteroatoms. The van der Waals surface area contributed by atoms with E-state index in [4.69, 9.17) is 28.2 Å². The first-order valence-electron chi connectivity index (χ1n) is 9.41. The van der Waals surface area contributed by atoms with Crippen LogP contribution in [0.2, 0.25) is 10.0 Å². The van der Waals surface area contributed by atoms with Gasteiger partial charge in [0.2, 0.25) is 0 Å². The van der Waals surface area contributed by atoms with Gasteiger partial charge in [0.25, 0.3) is 5.56 Å². The molecule has 1 unspecified atom stereocenters. The summed E-state index contributed by atoms with van der Waals surface area (Å²) in [5.74, 6) is 1.08. The number of rotatable bonds is 5. The Morgan fingerprint density at radius 1 is 1.14 bits per heavy atom. The van der Waals surface area contributed by atoms with E-state index >= 15 is 0 Å². The van der Waals surface area contributed by atoms with Crippen molar-refractivity contribution in [3.8, 4) is 5.69 Å². The van der Waals surface area contributed by atoms with E-state index in [1.54, 1.807) is 18.2 Å². The molecule has 1 atom stereocenters. The van der Waals surface area contributed by atoms with E-state index in [1.165, 1.54) is 11.6 Å². The summed E-state index contributed by atoms with van der Waals surface area (Å²) in [6.45, 7) is 8.32. The number of fused-ring (bicyclic) bond motifs is 1. The van der Waals surface area contributed by atoms with E-state index in [0.29, 0.717) is 39.2 Å². The Kier molecular flexibility index (Phi) is 5.73. The minimum Gasteiger partial charge on any atom is -0.319 e. The van der Waals surface area contributed by atoms with E-state index in [-0.39, 0.29) is 11.6 Å². The third-order valence-electron chi connectivity index (χ3n) is 5.15. The maximum Gasteiger partial charge on any atom is 0.337 e. The van der Waals surface area contributed by atoms with Crippen LogP contribution in [0.4, 0.5) is 0 Å². The summed E-state index contributed by atoms with van der Waals surface area (Å²) in [7, 11) is 1.48. The fourth-order valence-electron chi connectivity index (χ4n) is 3.75. The van der Waals surface area contributed by atoms with Crippen molar-refractivity contribution >= 4 is 34.4 Å². The third-order valence-corrected chi connectivity index (χ3v) is 5.69. The van der Waals surface area contributed by atoms with Crippen molar-refractivity contribution in [3.63, 3.8) is 0 Å². The normalized spacial score (nSPS) is 12.9. The summed E-state index contributed by atoms with van der Waals surface area (Å²) in [6.07, 6.45) is 1.49. The van der Waals surface area contributed by atoms with Gasteiger partial charge in [-0.25, -0.2) is 14.3 Å². The second-order valence-corrected chi connectivity index (χ2v) is 8.06. The molecule has 1 aromatic carbocycles. The number of aryl methyl sites for hydroxylation is 1. The van der Waals surface area contributed by atoms with Crippen LogP contribution in [0, 0.1) is 5.92 Å². The van der Waals surface area contributed by atoms with Crippen molar-refractivity contribution in [2.24, 2.45) is 13.0 Å². The lowest BCUT2D eigenvalue weighted by atomic mass is 10.0. The second kappa shape index (κ2) is 7.76. The number of nitrogens with zero attached hydrogens (tertiary/aromatic N) is 4. The van der Waals surface area contributed by atoms with Gasteiger partial charge in [-0.1, -0.05) is 50.9 Å². The van der Waals surface area contributed by atoms with E-state index in [2.05, 4.69) is 20.8 Å². The van der Waals surface area contributed by atoms with E-state index < -0.39 is 5.69 Å². The van der Waals surface area contributed by atoms with Gasteiger partial charge in [-0.15, -0.1) is 0 Å². The van der Waals surface area contributed by atoms with Gasteiger partial charge in [0, 0.05) is 24.5 Å². The SMILES string of the molecule is CCc1nc2c(c(=O)n(C)c(=O)n2-c2ccc(Cl)cc2Cl)n1C(CC)C(C)C. The molecule has 0 bridgehead atoms. The molecule has 2 aromatic heterocycles. The molecule has 0 aliphatic heterocycles. The summed E-state index contributed by atoms with van der Waals surface area (Å²) in [6, 6.07) is 5.00. The molecule has 3 rings (SSSR count). The van der Waals surface area contributed by atoms with Crippen LogP contribution in [-0.2, 0) is 13.5 Å². The van der Waals surface area contributed by atoms with Gasteiger partial charge < -0.3 is 4.57 Å². The monoisotopic (exact) mass is 422 g/mol. The molecule has 28 heavy (non-hydrogen) atoms. The topological polar surface area (TPSA) is 61.8 Å². The molecule has 0 aliphatic carbocycles. The quantitative estimate of drug-likeness (QED) is 0.613. The Morgan fingerprint density at radius 2 is 1.82 bits per heavy atom. The highest BCUT2D eigenvalue weighted by Gasteiger charge is 2.26. The highest BCUT2D eigenvalue weighted by molar-refractivity contribution is 6.35. The molecule has 3 aromatic rings. The summed E-state index contributed by atoms with van der Waals surface area (Å²) < 4.78 is 4.51. The molecule has 0 saturated carbocycles. The Morgan fingerprint density at radius 3 is 2.36 bits per heavy atom. The van der Waals surface area contributed by atoms with Crippen molar-refractivity contribution in [1.29, 1.82) is 0 Å². The van der Waals surface area contributed by atoms with Crippen molar-refractivity contribution in [3.05, 3.63) is 54.9 Å². The van der Waals surface area contributed by atoms with Crippen molar-refractivity contribution in [1.82, 2.24) is 18.7 Å². The van der Waals surface area contributed by atoms with Crippen LogP contribution < -0.4 is 11.2 Å². The van der Waals surface area contributed by atoms with Gasteiger partial charge in [0.1, 0.15) is 5.82 Å². The van der Waals surface area contributed by atoms with Crippen LogP contribution in [0.3, 0.4) is 0 Å². The van der Waals surface area contributed by atoms with Crippen molar-refractivity contribution < 1.29 is 0 Å². The standard InChI is InChI=1S/C20H24Cl2N4O2/c1-6-14(11(3)4)25-16(7-2)23-18-17(25)19(27)24(5)20(28)26(18)15-9-8-12(21)10-13(15)22/h8-11,14H,6-7H2,1-5H3. The van der Waals surface area contributed by atoms with E-state index in [1.807, 2.05) is 11.5 Å². The molecule has 6 nitrogen and oxygen atoms in total. The Balaban J connectivity index is 2.53. The van der Waals surface area contributed by atoms with Gasteiger partial charge >= 0.3 is 5.69 Å². The first kappa shape index (κ1) is 20.7. The third kappa shape index (κ3) is 3.18. The Labute approximate surface area is 173 Å². The maximum absolute atomic E-state index is 13.1. The molecule has 0 radical (unpaired) electrons. The molecule has 0 amide bonds. The van der Waals surface area contributed by atoms with Gasteiger partial charge in [0.05, 0.1) is 10.7 Å². The van der Waals surface area contributed by atoms with Crippen LogP contribution >= 0.6 is 23.2 Å². The van der Waals surface area contributed by atoms with Crippen LogP contribution in [0.5, 0.6) is 0 Å². The van der Waals surface area contributed by atoms with E-state index in [9.17, 15) is 9.59 Å². The number of hydrogen-bond donors (Lipinski definition) is 0. The molecule has 0 N–H and O–H groups in total. The summed E-state index contributed by atoms with van der Waals surface area (Å²) >= 11 is 12.4. The van der Waals surface area contributed by atoms with E-state index in [0.717, 1.165) is 16.8 Å². The molecule has 2 heterocycles. The molecular formula is C20H24Cl2N4O2. The highest BCUT2D eigenvalue weighted by atomic mass is 35.5.